The highest BCUT2D eigenvalue weighted by Gasteiger charge is 2.40. The fourth-order valence-corrected chi connectivity index (χ4v) is 7.20. The third-order valence-corrected chi connectivity index (χ3v) is 9.55. The second-order valence-corrected chi connectivity index (χ2v) is 12.5. The van der Waals surface area contributed by atoms with Gasteiger partial charge in [0.05, 0.1) is 6.26 Å². The molecule has 2 heterocycles. The molecule has 0 spiro atoms. The van der Waals surface area contributed by atoms with Gasteiger partial charge >= 0.3 is 0 Å². The van der Waals surface area contributed by atoms with Crippen molar-refractivity contribution in [3.05, 3.63) is 64.7 Å². The van der Waals surface area contributed by atoms with Crippen molar-refractivity contribution < 1.29 is 8.42 Å². The summed E-state index contributed by atoms with van der Waals surface area (Å²) in [5.41, 5.74) is 7.14. The van der Waals surface area contributed by atoms with E-state index in [4.69, 9.17) is 0 Å². The molecule has 0 saturated carbocycles. The molecule has 3 atom stereocenters. The predicted octanol–water partition coefficient (Wildman–Crippen LogP) is 3.09. The minimum atomic E-state index is -3.10. The maximum Gasteiger partial charge on any atom is 0.211 e. The van der Waals surface area contributed by atoms with Gasteiger partial charge in [-0.25, -0.2) is 8.42 Å². The van der Waals surface area contributed by atoms with Gasteiger partial charge in [0.15, 0.2) is 0 Å². The summed E-state index contributed by atoms with van der Waals surface area (Å²) in [5.74, 6) is 0.485. The number of rotatable bonds is 5. The third-order valence-electron chi connectivity index (χ3n) is 8.25. The number of fused-ring (bicyclic) bond motifs is 1. The van der Waals surface area contributed by atoms with Gasteiger partial charge in [0.2, 0.25) is 10.0 Å². The molecular weight excluding hydrogens is 444 g/mol. The molecule has 7 heteroatoms. The van der Waals surface area contributed by atoms with Crippen LogP contribution in [0.2, 0.25) is 0 Å². The highest BCUT2D eigenvalue weighted by molar-refractivity contribution is 7.88. The first kappa shape index (κ1) is 23.8. The van der Waals surface area contributed by atoms with Crippen LogP contribution in [0.5, 0.6) is 0 Å². The quantitative estimate of drug-likeness (QED) is 0.656. The van der Waals surface area contributed by atoms with Gasteiger partial charge in [-0.2, -0.15) is 4.31 Å². The van der Waals surface area contributed by atoms with Crippen molar-refractivity contribution in [3.8, 4) is 0 Å². The summed E-state index contributed by atoms with van der Waals surface area (Å²) in [6.07, 6.45) is 3.72. The molecule has 2 aliphatic heterocycles. The Morgan fingerprint density at radius 1 is 0.941 bits per heavy atom. The zero-order valence-corrected chi connectivity index (χ0v) is 21.8. The fourth-order valence-electron chi connectivity index (χ4n) is 6.37. The number of hydrogen-bond donors (Lipinski definition) is 0. The van der Waals surface area contributed by atoms with Crippen LogP contribution in [0.3, 0.4) is 0 Å². The molecule has 6 nitrogen and oxygen atoms in total. The van der Waals surface area contributed by atoms with Gasteiger partial charge in [0.1, 0.15) is 0 Å². The van der Waals surface area contributed by atoms with Gasteiger partial charge in [-0.3, -0.25) is 4.90 Å². The smallest absolute Gasteiger partial charge is 0.211 e. The van der Waals surface area contributed by atoms with Crippen molar-refractivity contribution in [2.45, 2.75) is 37.8 Å². The minimum Gasteiger partial charge on any atom is -0.369 e. The maximum absolute atomic E-state index is 11.8. The van der Waals surface area contributed by atoms with Gasteiger partial charge in [0.25, 0.3) is 0 Å². The van der Waals surface area contributed by atoms with E-state index in [1.165, 1.54) is 41.5 Å². The summed E-state index contributed by atoms with van der Waals surface area (Å²) in [6, 6.07) is 16.9. The normalized spacial score (nSPS) is 26.4. The van der Waals surface area contributed by atoms with Crippen LogP contribution in [-0.2, 0) is 16.4 Å². The van der Waals surface area contributed by atoms with Crippen LogP contribution in [0.25, 0.3) is 0 Å². The molecule has 0 aromatic heterocycles. The molecule has 184 valence electrons. The zero-order valence-electron chi connectivity index (χ0n) is 20.9. The Morgan fingerprint density at radius 3 is 2.29 bits per heavy atom. The van der Waals surface area contributed by atoms with Crippen LogP contribution in [0.1, 0.15) is 40.6 Å². The topological polar surface area (TPSA) is 47.1 Å². The van der Waals surface area contributed by atoms with Crippen LogP contribution in [0.4, 0.5) is 5.69 Å². The monoisotopic (exact) mass is 482 g/mol. The lowest BCUT2D eigenvalue weighted by Crippen LogP contribution is -2.48. The van der Waals surface area contributed by atoms with Crippen LogP contribution in [-0.4, -0.2) is 88.2 Å². The molecule has 0 amide bonds. The van der Waals surface area contributed by atoms with Gasteiger partial charge < -0.3 is 9.80 Å². The Kier molecular flexibility index (Phi) is 6.48. The van der Waals surface area contributed by atoms with E-state index in [0.717, 1.165) is 26.2 Å². The van der Waals surface area contributed by atoms with Gasteiger partial charge in [-0.15, -0.1) is 0 Å². The molecule has 3 aliphatic rings. The number of likely N-dealkylation sites (N-methyl/N-ethyl adjacent to an activating group) is 1. The molecule has 2 aromatic rings. The number of aryl methyl sites for hydroxylation is 2. The predicted molar refractivity (Wildman–Crippen MR) is 139 cm³/mol. The fraction of sp³-hybridized carbons (Fsp3) is 0.556. The van der Waals surface area contributed by atoms with Crippen LogP contribution < -0.4 is 4.90 Å². The first-order valence-electron chi connectivity index (χ1n) is 12.5. The number of likely N-dealkylation sites (tertiary alicyclic amines) is 1. The van der Waals surface area contributed by atoms with E-state index in [0.29, 0.717) is 31.1 Å². The van der Waals surface area contributed by atoms with E-state index in [1.54, 1.807) is 9.87 Å². The number of anilines is 1. The number of sulfonamides is 1. The number of nitrogens with zero attached hydrogens (tertiary/aromatic N) is 4. The molecule has 0 radical (unpaired) electrons. The molecule has 2 saturated heterocycles. The van der Waals surface area contributed by atoms with E-state index in [1.807, 2.05) is 0 Å². The summed E-state index contributed by atoms with van der Waals surface area (Å²) in [6.45, 7) is 7.06. The van der Waals surface area contributed by atoms with Crippen LogP contribution in [0, 0.1) is 6.92 Å². The molecule has 1 unspecified atom stereocenters. The standard InChI is InChI=1S/C27H38N4O2S/c1-20-6-5-7-22-10-13-25(27(20)22)30-18-24(26(19-30)28(2)3)21-8-11-23(12-9-21)29-14-16-31(17-15-29)34(4,32)33/h5-9,11-12,24-26H,10,13-19H2,1-4H3/t24-,25?,26+/m1/s1. The summed E-state index contributed by atoms with van der Waals surface area (Å²) >= 11 is 0. The summed E-state index contributed by atoms with van der Waals surface area (Å²) in [4.78, 5) is 7.43. The zero-order chi connectivity index (χ0) is 24.0. The van der Waals surface area contributed by atoms with Crippen molar-refractivity contribution in [2.75, 3.05) is 64.5 Å². The van der Waals surface area contributed by atoms with Crippen molar-refractivity contribution >= 4 is 15.7 Å². The average Bonchev–Trinajstić information content (AvgIpc) is 3.44. The SMILES string of the molecule is Cc1cccc2c1C(N1C[C@H](c3ccc(N4CCN(S(C)(=O)=O)CC4)cc3)[C@@H](N(C)C)C1)CC2. The molecule has 2 aromatic carbocycles. The molecule has 2 fully saturated rings. The van der Waals surface area contributed by atoms with E-state index >= 15 is 0 Å². The molecule has 0 bridgehead atoms. The third kappa shape index (κ3) is 4.51. The van der Waals surface area contributed by atoms with Crippen molar-refractivity contribution in [1.29, 1.82) is 0 Å². The molecule has 1 aliphatic carbocycles. The summed E-state index contributed by atoms with van der Waals surface area (Å²) in [7, 11) is 1.33. The van der Waals surface area contributed by atoms with E-state index in [9.17, 15) is 8.42 Å². The molecule has 5 rings (SSSR count). The molecular formula is C27H38N4O2S. The summed E-state index contributed by atoms with van der Waals surface area (Å²) in [5, 5.41) is 0. The van der Waals surface area contributed by atoms with Gasteiger partial charge in [-0.1, -0.05) is 30.3 Å². The highest BCUT2D eigenvalue weighted by Crippen LogP contribution is 2.42. The van der Waals surface area contributed by atoms with Gasteiger partial charge in [-0.05, 0) is 68.2 Å². The largest absolute Gasteiger partial charge is 0.369 e. The van der Waals surface area contributed by atoms with E-state index in [2.05, 4.69) is 78.2 Å². The second-order valence-electron chi connectivity index (χ2n) is 10.5. The van der Waals surface area contributed by atoms with E-state index < -0.39 is 10.0 Å². The minimum absolute atomic E-state index is 0.485. The molecule has 0 N–H and O–H groups in total. The van der Waals surface area contributed by atoms with Crippen molar-refractivity contribution in [2.24, 2.45) is 0 Å². The Bertz CT molecular complexity index is 1120. The van der Waals surface area contributed by atoms with Crippen molar-refractivity contribution in [1.82, 2.24) is 14.1 Å². The Morgan fingerprint density at radius 2 is 1.65 bits per heavy atom. The lowest BCUT2D eigenvalue weighted by atomic mass is 9.93. The first-order valence-corrected chi connectivity index (χ1v) is 14.4. The number of piperazine rings is 1. The lowest BCUT2D eigenvalue weighted by Gasteiger charge is -2.35. The van der Waals surface area contributed by atoms with Crippen LogP contribution >= 0.6 is 0 Å². The maximum atomic E-state index is 11.8. The van der Waals surface area contributed by atoms with Gasteiger partial charge in [0, 0.05) is 63.0 Å². The average molecular weight is 483 g/mol. The number of hydrogen-bond acceptors (Lipinski definition) is 5. The Balaban J connectivity index is 1.31. The summed E-state index contributed by atoms with van der Waals surface area (Å²) < 4.78 is 25.2. The Labute approximate surface area is 205 Å². The first-order chi connectivity index (χ1) is 16.2. The number of benzene rings is 2. The lowest BCUT2D eigenvalue weighted by molar-refractivity contribution is 0.215. The second kappa shape index (κ2) is 9.26. The van der Waals surface area contributed by atoms with Crippen LogP contribution in [0.15, 0.2) is 42.5 Å². The van der Waals surface area contributed by atoms with E-state index in [-0.39, 0.29) is 0 Å². The van der Waals surface area contributed by atoms with Crippen molar-refractivity contribution in [3.63, 3.8) is 0 Å². The Hall–Kier alpha value is -1.93. The highest BCUT2D eigenvalue weighted by atomic mass is 32.2. The molecule has 34 heavy (non-hydrogen) atoms.